The molecule has 2 N–H and O–H groups in total. The molecule has 2 fully saturated rings. The summed E-state index contributed by atoms with van der Waals surface area (Å²) in [6.07, 6.45) is 2.65. The molecule has 0 radical (unpaired) electrons. The Morgan fingerprint density at radius 3 is 2.68 bits per heavy atom. The molecule has 0 bridgehead atoms. The highest BCUT2D eigenvalue weighted by Crippen LogP contribution is 2.30. The predicted molar refractivity (Wildman–Crippen MR) is 85.9 cm³/mol. The Bertz CT molecular complexity index is 683. The molecule has 1 unspecified atom stereocenters. The van der Waals surface area contributed by atoms with Crippen LogP contribution < -0.4 is 10.1 Å². The van der Waals surface area contributed by atoms with Crippen molar-refractivity contribution < 1.29 is 29.0 Å². The lowest BCUT2D eigenvalue weighted by Gasteiger charge is -2.25. The van der Waals surface area contributed by atoms with Gasteiger partial charge in [-0.25, -0.2) is 4.79 Å². The molecule has 134 valence electrons. The number of hydrogen-bond donors (Lipinski definition) is 2. The van der Waals surface area contributed by atoms with Crippen LogP contribution in [-0.2, 0) is 19.9 Å². The maximum absolute atomic E-state index is 12.5. The molecule has 3 amide bonds. The number of carbonyl (C=O) groups is 3. The highest BCUT2D eigenvalue weighted by molar-refractivity contribution is 6.08. The van der Waals surface area contributed by atoms with Crippen LogP contribution in [-0.4, -0.2) is 47.4 Å². The van der Waals surface area contributed by atoms with Crippen molar-refractivity contribution in [1.82, 2.24) is 10.2 Å². The standard InChI is InChI=1S/C17H20N2O6/c1-17(15(22)19(10-13(20)21)16(23)18-17)11-5-7-12(8-6-11)25-14-4-2-3-9-24-14/h5-8,14H,2-4,9-10H2,1H3,(H,18,23)(H,20,21)/t14?,17-/m0/s1. The first-order chi connectivity index (χ1) is 11.9. The zero-order chi connectivity index (χ0) is 18.0. The van der Waals surface area contributed by atoms with E-state index < -0.39 is 30.0 Å². The summed E-state index contributed by atoms with van der Waals surface area (Å²) in [6, 6.07) is 6.06. The van der Waals surface area contributed by atoms with Gasteiger partial charge in [0.1, 0.15) is 17.8 Å². The first-order valence-corrected chi connectivity index (χ1v) is 8.15. The van der Waals surface area contributed by atoms with E-state index in [1.165, 1.54) is 0 Å². The Morgan fingerprint density at radius 2 is 2.08 bits per heavy atom. The molecule has 2 aliphatic heterocycles. The van der Waals surface area contributed by atoms with Gasteiger partial charge in [-0.1, -0.05) is 12.1 Å². The van der Waals surface area contributed by atoms with E-state index in [0.717, 1.165) is 19.3 Å². The molecule has 2 aliphatic rings. The maximum Gasteiger partial charge on any atom is 0.325 e. The Balaban J connectivity index is 1.73. The first kappa shape index (κ1) is 17.2. The van der Waals surface area contributed by atoms with E-state index in [4.69, 9.17) is 14.6 Å². The van der Waals surface area contributed by atoms with Gasteiger partial charge in [0, 0.05) is 6.42 Å². The fourth-order valence-corrected chi connectivity index (χ4v) is 2.99. The zero-order valence-electron chi connectivity index (χ0n) is 13.9. The van der Waals surface area contributed by atoms with E-state index in [9.17, 15) is 14.4 Å². The lowest BCUT2D eigenvalue weighted by Crippen LogP contribution is -2.41. The van der Waals surface area contributed by atoms with Gasteiger partial charge in [0.2, 0.25) is 0 Å². The van der Waals surface area contributed by atoms with Crippen molar-refractivity contribution in [3.8, 4) is 5.75 Å². The van der Waals surface area contributed by atoms with Crippen LogP contribution in [0, 0.1) is 0 Å². The second-order valence-electron chi connectivity index (χ2n) is 6.28. The summed E-state index contributed by atoms with van der Waals surface area (Å²) < 4.78 is 11.3. The molecule has 2 heterocycles. The summed E-state index contributed by atoms with van der Waals surface area (Å²) in [5.41, 5.74) is -0.748. The largest absolute Gasteiger partial charge is 0.480 e. The van der Waals surface area contributed by atoms with Gasteiger partial charge in [0.05, 0.1) is 6.61 Å². The summed E-state index contributed by atoms with van der Waals surface area (Å²) in [4.78, 5) is 36.0. The summed E-state index contributed by atoms with van der Waals surface area (Å²) in [6.45, 7) is 1.57. The average Bonchev–Trinajstić information content (AvgIpc) is 2.80. The number of nitrogens with one attached hydrogen (secondary N) is 1. The van der Waals surface area contributed by atoms with Crippen LogP contribution in [0.2, 0.25) is 0 Å². The van der Waals surface area contributed by atoms with Crippen molar-refractivity contribution in [3.05, 3.63) is 29.8 Å². The van der Waals surface area contributed by atoms with Crippen LogP contribution >= 0.6 is 0 Å². The molecule has 2 saturated heterocycles. The topological polar surface area (TPSA) is 105 Å². The smallest absolute Gasteiger partial charge is 0.325 e. The maximum atomic E-state index is 12.5. The number of nitrogens with zero attached hydrogens (tertiary/aromatic N) is 1. The first-order valence-electron chi connectivity index (χ1n) is 8.15. The number of aliphatic carboxylic acids is 1. The van der Waals surface area contributed by atoms with Crippen molar-refractivity contribution in [3.63, 3.8) is 0 Å². The normalized spacial score (nSPS) is 26.4. The minimum atomic E-state index is -1.30. The minimum absolute atomic E-state index is 0.269. The quantitative estimate of drug-likeness (QED) is 0.780. The summed E-state index contributed by atoms with van der Waals surface area (Å²) in [5.74, 6) is -1.23. The Morgan fingerprint density at radius 1 is 1.36 bits per heavy atom. The minimum Gasteiger partial charge on any atom is -0.480 e. The third-order valence-corrected chi connectivity index (χ3v) is 4.41. The number of benzene rings is 1. The number of carbonyl (C=O) groups excluding carboxylic acids is 2. The van der Waals surface area contributed by atoms with E-state index in [1.54, 1.807) is 31.2 Å². The summed E-state index contributed by atoms with van der Waals surface area (Å²) >= 11 is 0. The number of urea groups is 1. The second kappa shape index (κ2) is 6.72. The van der Waals surface area contributed by atoms with Crippen LogP contribution in [0.25, 0.3) is 0 Å². The average molecular weight is 348 g/mol. The van der Waals surface area contributed by atoms with E-state index in [1.807, 2.05) is 0 Å². The van der Waals surface area contributed by atoms with E-state index in [0.29, 0.717) is 22.8 Å². The third kappa shape index (κ3) is 3.43. The van der Waals surface area contributed by atoms with Gasteiger partial charge in [-0.3, -0.25) is 14.5 Å². The zero-order valence-corrected chi connectivity index (χ0v) is 13.9. The molecule has 8 nitrogen and oxygen atoms in total. The van der Waals surface area contributed by atoms with Crippen LogP contribution in [0.4, 0.5) is 4.79 Å². The van der Waals surface area contributed by atoms with E-state index in [-0.39, 0.29) is 6.29 Å². The van der Waals surface area contributed by atoms with Crippen molar-refractivity contribution >= 4 is 17.9 Å². The van der Waals surface area contributed by atoms with Crippen LogP contribution in [0.1, 0.15) is 31.7 Å². The van der Waals surface area contributed by atoms with Gasteiger partial charge in [0.25, 0.3) is 5.91 Å². The fourth-order valence-electron chi connectivity index (χ4n) is 2.99. The van der Waals surface area contributed by atoms with Gasteiger partial charge >= 0.3 is 12.0 Å². The number of carboxylic acid groups (broad SMARTS) is 1. The van der Waals surface area contributed by atoms with E-state index >= 15 is 0 Å². The molecule has 1 aromatic carbocycles. The highest BCUT2D eigenvalue weighted by atomic mass is 16.7. The molecular formula is C17H20N2O6. The molecule has 0 spiro atoms. The van der Waals surface area contributed by atoms with Crippen molar-refractivity contribution in [2.45, 2.75) is 38.0 Å². The molecule has 3 rings (SSSR count). The Labute approximate surface area is 144 Å². The lowest BCUT2D eigenvalue weighted by atomic mass is 9.92. The van der Waals surface area contributed by atoms with Crippen LogP contribution in [0.3, 0.4) is 0 Å². The van der Waals surface area contributed by atoms with E-state index in [2.05, 4.69) is 5.32 Å². The number of imide groups is 1. The molecule has 0 saturated carbocycles. The van der Waals surface area contributed by atoms with Crippen LogP contribution in [0.15, 0.2) is 24.3 Å². The Hall–Kier alpha value is -2.61. The number of ether oxygens (including phenoxy) is 2. The third-order valence-electron chi connectivity index (χ3n) is 4.41. The molecule has 25 heavy (non-hydrogen) atoms. The highest BCUT2D eigenvalue weighted by Gasteiger charge is 2.49. The van der Waals surface area contributed by atoms with Gasteiger partial charge in [-0.15, -0.1) is 0 Å². The van der Waals surface area contributed by atoms with Gasteiger partial charge in [0.15, 0.2) is 6.29 Å². The molecule has 8 heteroatoms. The Kier molecular flexibility index (Phi) is 4.63. The van der Waals surface area contributed by atoms with Gasteiger partial charge in [-0.05, 0) is 37.5 Å². The van der Waals surface area contributed by atoms with Crippen molar-refractivity contribution in [2.75, 3.05) is 13.2 Å². The lowest BCUT2D eigenvalue weighted by molar-refractivity contribution is -0.142. The fraction of sp³-hybridized carbons (Fsp3) is 0.471. The summed E-state index contributed by atoms with van der Waals surface area (Å²) in [5, 5.41) is 11.4. The number of carboxylic acids is 1. The predicted octanol–water partition coefficient (Wildman–Crippen LogP) is 1.44. The van der Waals surface area contributed by atoms with Gasteiger partial charge < -0.3 is 19.9 Å². The summed E-state index contributed by atoms with van der Waals surface area (Å²) in [7, 11) is 0. The molecule has 0 aliphatic carbocycles. The van der Waals surface area contributed by atoms with Crippen molar-refractivity contribution in [2.24, 2.45) is 0 Å². The van der Waals surface area contributed by atoms with Crippen molar-refractivity contribution in [1.29, 1.82) is 0 Å². The molecule has 0 aromatic heterocycles. The SMILES string of the molecule is C[C@@]1(c2ccc(OC3CCCCO3)cc2)NC(=O)N(CC(=O)O)C1=O. The number of rotatable bonds is 5. The second-order valence-corrected chi connectivity index (χ2v) is 6.28. The number of hydrogen-bond acceptors (Lipinski definition) is 5. The molecule has 2 atom stereocenters. The number of amides is 3. The molecule has 1 aromatic rings. The van der Waals surface area contributed by atoms with Gasteiger partial charge in [-0.2, -0.15) is 0 Å². The molecular weight excluding hydrogens is 328 g/mol. The van der Waals surface area contributed by atoms with Crippen LogP contribution in [0.5, 0.6) is 5.75 Å². The monoisotopic (exact) mass is 348 g/mol.